The highest BCUT2D eigenvalue weighted by Crippen LogP contribution is 1.96. The molecule has 0 saturated carbocycles. The van der Waals surface area contributed by atoms with Crippen molar-refractivity contribution in [2.75, 3.05) is 0 Å². The number of halogens is 2. The summed E-state index contributed by atoms with van der Waals surface area (Å²) in [6.07, 6.45) is 0. The van der Waals surface area contributed by atoms with E-state index in [2.05, 4.69) is 40.3 Å². The Bertz CT molecular complexity index is 124. The second-order valence-electron chi connectivity index (χ2n) is 0.677. The molecule has 48 valence electrons. The molecule has 0 aliphatic carbocycles. The van der Waals surface area contributed by atoms with Crippen LogP contribution < -0.4 is 0 Å². The minimum Gasteiger partial charge on any atom is -0.387 e. The third kappa shape index (κ3) is 2.75. The standard InChI is InChI=1S/CHBr2NO3S/c2-4-1(7-3)8(5)6/h(H,5,6)/b4-1+. The van der Waals surface area contributed by atoms with E-state index < -0.39 is 11.1 Å². The third-order valence-corrected chi connectivity index (χ3v) is 1.84. The van der Waals surface area contributed by atoms with Gasteiger partial charge in [-0.05, 0) is 0 Å². The van der Waals surface area contributed by atoms with Crippen LogP contribution in [-0.2, 0) is 14.9 Å². The van der Waals surface area contributed by atoms with Gasteiger partial charge in [0.25, 0.3) is 0 Å². The number of nitrogens with zero attached hydrogens (tertiary/aromatic N) is 1. The van der Waals surface area contributed by atoms with Gasteiger partial charge in [0.15, 0.2) is 16.3 Å². The predicted octanol–water partition coefficient (Wildman–Crippen LogP) is 1.20. The molecule has 0 aromatic rings. The van der Waals surface area contributed by atoms with E-state index in [0.717, 1.165) is 0 Å². The van der Waals surface area contributed by atoms with Crippen molar-refractivity contribution in [3.63, 3.8) is 0 Å². The first-order chi connectivity index (χ1) is 3.72. The maximum absolute atomic E-state index is 9.96. The largest absolute Gasteiger partial charge is 0.387 e. The summed E-state index contributed by atoms with van der Waals surface area (Å²) in [6, 6.07) is 0. The van der Waals surface area contributed by atoms with Gasteiger partial charge in [0.2, 0.25) is 11.1 Å². The smallest absolute Gasteiger partial charge is 0.328 e. The second kappa shape index (κ2) is 4.42. The molecule has 1 atom stereocenters. The fourth-order valence-corrected chi connectivity index (χ4v) is 1.23. The fourth-order valence-electron chi connectivity index (χ4n) is 0.0695. The van der Waals surface area contributed by atoms with Crippen LogP contribution in [0.4, 0.5) is 0 Å². The molecule has 0 amide bonds. The maximum atomic E-state index is 9.96. The van der Waals surface area contributed by atoms with Gasteiger partial charge >= 0.3 is 5.23 Å². The van der Waals surface area contributed by atoms with Crippen LogP contribution in [0.2, 0.25) is 0 Å². The fraction of sp³-hybridized carbons (Fsp3) is 0. The first-order valence-electron chi connectivity index (χ1n) is 1.30. The molecule has 4 nitrogen and oxygen atoms in total. The van der Waals surface area contributed by atoms with Crippen LogP contribution in [0.15, 0.2) is 4.02 Å². The molecule has 0 spiro atoms. The zero-order valence-electron chi connectivity index (χ0n) is 3.38. The van der Waals surface area contributed by atoms with Crippen molar-refractivity contribution in [2.24, 2.45) is 4.02 Å². The van der Waals surface area contributed by atoms with E-state index in [4.69, 9.17) is 4.55 Å². The third-order valence-electron chi connectivity index (χ3n) is 0.284. The summed E-state index contributed by atoms with van der Waals surface area (Å²) in [5.41, 5.74) is 0. The summed E-state index contributed by atoms with van der Waals surface area (Å²) in [7, 11) is 0. The molecule has 0 fully saturated rings. The molecule has 0 bridgehead atoms. The van der Waals surface area contributed by atoms with Gasteiger partial charge in [0.05, 0.1) is 16.1 Å². The first kappa shape index (κ1) is 8.54. The minimum atomic E-state index is -2.17. The Morgan fingerprint density at radius 2 is 2.38 bits per heavy atom. The summed E-state index contributed by atoms with van der Waals surface area (Å²) in [6.45, 7) is 0. The minimum absolute atomic E-state index is 0.329. The molecule has 8 heavy (non-hydrogen) atoms. The predicted molar refractivity (Wildman–Crippen MR) is 37.1 cm³/mol. The zero-order valence-corrected chi connectivity index (χ0v) is 7.36. The molecule has 0 aromatic carbocycles. The topological polar surface area (TPSA) is 58.9 Å². The van der Waals surface area contributed by atoms with Gasteiger partial charge in [-0.1, -0.05) is 0 Å². The summed E-state index contributed by atoms with van der Waals surface area (Å²) in [5.74, 6) is 0. The van der Waals surface area contributed by atoms with Crippen molar-refractivity contribution in [1.29, 1.82) is 0 Å². The number of rotatable bonds is 0. The van der Waals surface area contributed by atoms with E-state index in [-0.39, 0.29) is 5.23 Å². The molecule has 0 heterocycles. The molecule has 0 rings (SSSR count). The van der Waals surface area contributed by atoms with E-state index in [1.807, 2.05) is 0 Å². The lowest BCUT2D eigenvalue weighted by Gasteiger charge is -1.89. The van der Waals surface area contributed by atoms with Crippen molar-refractivity contribution in [2.45, 2.75) is 0 Å². The summed E-state index contributed by atoms with van der Waals surface area (Å²) in [5, 5.41) is -0.329. The van der Waals surface area contributed by atoms with Crippen molar-refractivity contribution in [3.05, 3.63) is 0 Å². The lowest BCUT2D eigenvalue weighted by Crippen LogP contribution is -2.03. The van der Waals surface area contributed by atoms with Crippen LogP contribution in [0.25, 0.3) is 0 Å². The number of hydrogen-bond donors (Lipinski definition) is 1. The van der Waals surface area contributed by atoms with Crippen molar-refractivity contribution in [1.82, 2.24) is 0 Å². The summed E-state index contributed by atoms with van der Waals surface area (Å²) < 4.78 is 25.4. The highest BCUT2D eigenvalue weighted by Gasteiger charge is 2.04. The maximum Gasteiger partial charge on any atom is 0.328 e. The Balaban J connectivity index is 3.92. The Kier molecular flexibility index (Phi) is 4.72. The van der Waals surface area contributed by atoms with Gasteiger partial charge in [-0.25, -0.2) is 4.21 Å². The van der Waals surface area contributed by atoms with E-state index in [1.54, 1.807) is 0 Å². The lowest BCUT2D eigenvalue weighted by atomic mass is 11.5. The Morgan fingerprint density at radius 3 is 2.38 bits per heavy atom. The molecule has 1 unspecified atom stereocenters. The van der Waals surface area contributed by atoms with E-state index in [9.17, 15) is 4.21 Å². The molecule has 0 saturated heterocycles. The van der Waals surface area contributed by atoms with Gasteiger partial charge in [-0.2, -0.15) is 4.02 Å². The molecule has 0 aliphatic rings. The molecular weight excluding hydrogens is 266 g/mol. The van der Waals surface area contributed by atoms with E-state index in [0.29, 0.717) is 0 Å². The zero-order chi connectivity index (χ0) is 6.57. The van der Waals surface area contributed by atoms with Gasteiger partial charge in [-0.3, -0.25) is 4.55 Å². The average Bonchev–Trinajstić information content (AvgIpc) is 1.69. The second-order valence-corrected chi connectivity index (χ2v) is 2.20. The van der Waals surface area contributed by atoms with E-state index in [1.165, 1.54) is 0 Å². The van der Waals surface area contributed by atoms with Crippen LogP contribution in [-0.4, -0.2) is 14.0 Å². The van der Waals surface area contributed by atoms with Crippen LogP contribution in [0.5, 0.6) is 0 Å². The Morgan fingerprint density at radius 1 is 1.88 bits per heavy atom. The van der Waals surface area contributed by atoms with Gasteiger partial charge in [-0.15, -0.1) is 0 Å². The van der Waals surface area contributed by atoms with E-state index >= 15 is 0 Å². The van der Waals surface area contributed by atoms with Crippen molar-refractivity contribution >= 4 is 48.7 Å². The lowest BCUT2D eigenvalue weighted by molar-refractivity contribution is 0.565. The summed E-state index contributed by atoms with van der Waals surface area (Å²) in [4.78, 5) is 0. The molecular formula is CHBr2NO3S. The first-order valence-corrected chi connectivity index (χ1v) is 3.77. The highest BCUT2D eigenvalue weighted by molar-refractivity contribution is 9.08. The molecule has 0 radical (unpaired) electrons. The number of hydrogen-bond acceptors (Lipinski definition) is 3. The van der Waals surface area contributed by atoms with Crippen LogP contribution in [0.3, 0.4) is 0 Å². The molecule has 7 heteroatoms. The highest BCUT2D eigenvalue weighted by atomic mass is 79.9. The van der Waals surface area contributed by atoms with Gasteiger partial charge in [0.1, 0.15) is 0 Å². The molecule has 1 N–H and O–H groups in total. The molecule has 0 aliphatic heterocycles. The van der Waals surface area contributed by atoms with Gasteiger partial charge in [0, 0.05) is 0 Å². The average molecular weight is 267 g/mol. The van der Waals surface area contributed by atoms with Crippen LogP contribution in [0.1, 0.15) is 0 Å². The Hall–Kier alpha value is 0.540. The quantitative estimate of drug-likeness (QED) is 0.407. The molecule has 0 aromatic heterocycles. The van der Waals surface area contributed by atoms with Crippen molar-refractivity contribution < 1.29 is 12.6 Å². The normalized spacial score (nSPS) is 15.6. The Labute approximate surface area is 65.4 Å². The monoisotopic (exact) mass is 265 g/mol. The van der Waals surface area contributed by atoms with Crippen molar-refractivity contribution in [3.8, 4) is 0 Å². The van der Waals surface area contributed by atoms with Crippen LogP contribution in [0, 0.1) is 0 Å². The van der Waals surface area contributed by atoms with Gasteiger partial charge < -0.3 is 3.83 Å². The summed E-state index contributed by atoms with van der Waals surface area (Å²) >= 11 is 2.85. The van der Waals surface area contributed by atoms with Crippen LogP contribution >= 0.6 is 32.4 Å². The SMILES string of the molecule is O=S(O)/C(=N/Br)OBr.